The van der Waals surface area contributed by atoms with Crippen molar-refractivity contribution in [3.63, 3.8) is 0 Å². The third-order valence-electron chi connectivity index (χ3n) is 6.20. The summed E-state index contributed by atoms with van der Waals surface area (Å²) in [4.78, 5) is 17.3. The molecule has 3 fully saturated rings. The van der Waals surface area contributed by atoms with Gasteiger partial charge in [0.15, 0.2) is 0 Å². The highest BCUT2D eigenvalue weighted by Gasteiger charge is 2.49. The lowest BCUT2D eigenvalue weighted by atomic mass is 9.78. The van der Waals surface area contributed by atoms with Gasteiger partial charge in [-0.25, -0.2) is 0 Å². The molecule has 2 saturated heterocycles. The molecule has 124 valence electrons. The van der Waals surface area contributed by atoms with Gasteiger partial charge < -0.3 is 14.9 Å². The van der Waals surface area contributed by atoms with Gasteiger partial charge in [-0.1, -0.05) is 12.1 Å². The van der Waals surface area contributed by atoms with Gasteiger partial charge in [-0.2, -0.15) is 0 Å². The van der Waals surface area contributed by atoms with Crippen LogP contribution in [-0.4, -0.2) is 54.0 Å². The minimum atomic E-state index is 0.137. The predicted molar refractivity (Wildman–Crippen MR) is 89.3 cm³/mol. The van der Waals surface area contributed by atoms with Gasteiger partial charge in [0.2, 0.25) is 5.91 Å². The Morgan fingerprint density at radius 1 is 1.22 bits per heavy atom. The molecule has 0 unspecified atom stereocenters. The second kappa shape index (κ2) is 5.52. The number of nitrogens with zero attached hydrogens (tertiary/aromatic N) is 2. The Morgan fingerprint density at radius 3 is 2.70 bits per heavy atom. The Hall–Kier alpha value is -1.55. The molecule has 1 aromatic carbocycles. The molecule has 1 saturated carbocycles. The summed E-state index contributed by atoms with van der Waals surface area (Å²) in [5.41, 5.74) is 1.49. The molecule has 1 amide bonds. The van der Waals surface area contributed by atoms with Crippen molar-refractivity contribution in [1.82, 2.24) is 9.80 Å². The zero-order valence-corrected chi connectivity index (χ0v) is 13.9. The normalized spacial score (nSPS) is 29.9. The molecule has 0 bridgehead atoms. The van der Waals surface area contributed by atoms with Crippen LogP contribution in [0.25, 0.3) is 0 Å². The molecule has 2 aliphatic heterocycles. The number of hydrogen-bond acceptors (Lipinski definition) is 3. The molecule has 4 heteroatoms. The Balaban J connectivity index is 1.38. The first-order valence-electron chi connectivity index (χ1n) is 8.83. The SMILES string of the molecule is CN1CCC2(CC1)CCN(C(=O)[C@@H]1C[C@H]1c1cccc(O)c1)C2. The van der Waals surface area contributed by atoms with Crippen LogP contribution < -0.4 is 0 Å². The minimum Gasteiger partial charge on any atom is -0.508 e. The van der Waals surface area contributed by atoms with E-state index in [9.17, 15) is 9.90 Å². The third kappa shape index (κ3) is 2.85. The molecular weight excluding hydrogens is 288 g/mol. The molecular formula is C19H26N2O2. The summed E-state index contributed by atoms with van der Waals surface area (Å²) in [6, 6.07) is 7.39. The Labute approximate surface area is 138 Å². The quantitative estimate of drug-likeness (QED) is 0.912. The van der Waals surface area contributed by atoms with E-state index in [4.69, 9.17) is 0 Å². The first-order chi connectivity index (χ1) is 11.1. The summed E-state index contributed by atoms with van der Waals surface area (Å²) in [5, 5.41) is 9.61. The molecule has 4 rings (SSSR count). The number of benzene rings is 1. The lowest BCUT2D eigenvalue weighted by Crippen LogP contribution is -2.40. The number of carbonyl (C=O) groups is 1. The van der Waals surface area contributed by atoms with E-state index in [1.807, 2.05) is 12.1 Å². The first kappa shape index (κ1) is 15.0. The van der Waals surface area contributed by atoms with Crippen LogP contribution in [0.3, 0.4) is 0 Å². The third-order valence-corrected chi connectivity index (χ3v) is 6.20. The summed E-state index contributed by atoms with van der Waals surface area (Å²) in [7, 11) is 2.19. The minimum absolute atomic E-state index is 0.137. The van der Waals surface area contributed by atoms with E-state index >= 15 is 0 Å². The van der Waals surface area contributed by atoms with E-state index in [1.165, 1.54) is 19.3 Å². The smallest absolute Gasteiger partial charge is 0.226 e. The average Bonchev–Trinajstić information content (AvgIpc) is 3.25. The number of amides is 1. The van der Waals surface area contributed by atoms with Crippen molar-refractivity contribution in [2.45, 2.75) is 31.6 Å². The highest BCUT2D eigenvalue weighted by molar-refractivity contribution is 5.83. The molecule has 0 aromatic heterocycles. The lowest BCUT2D eigenvalue weighted by molar-refractivity contribution is -0.132. The zero-order valence-electron chi connectivity index (χ0n) is 13.9. The fourth-order valence-corrected chi connectivity index (χ4v) is 4.45. The lowest BCUT2D eigenvalue weighted by Gasteiger charge is -2.37. The van der Waals surface area contributed by atoms with Gasteiger partial charge >= 0.3 is 0 Å². The van der Waals surface area contributed by atoms with Crippen molar-refractivity contribution >= 4 is 5.91 Å². The fourth-order valence-electron chi connectivity index (χ4n) is 4.45. The summed E-state index contributed by atoms with van der Waals surface area (Å²) in [6.45, 7) is 4.23. The number of likely N-dealkylation sites (tertiary alicyclic amines) is 2. The number of piperidine rings is 1. The first-order valence-corrected chi connectivity index (χ1v) is 8.83. The second-order valence-electron chi connectivity index (χ2n) is 7.86. The van der Waals surface area contributed by atoms with Gasteiger partial charge in [0.25, 0.3) is 0 Å². The Kier molecular flexibility index (Phi) is 3.60. The molecule has 3 aliphatic rings. The van der Waals surface area contributed by atoms with E-state index in [1.54, 1.807) is 12.1 Å². The van der Waals surface area contributed by atoms with Crippen LogP contribution in [0, 0.1) is 11.3 Å². The maximum Gasteiger partial charge on any atom is 0.226 e. The summed E-state index contributed by atoms with van der Waals surface area (Å²) in [5.74, 6) is 1.09. The van der Waals surface area contributed by atoms with E-state index in [0.717, 1.165) is 38.2 Å². The van der Waals surface area contributed by atoms with Gasteiger partial charge in [0, 0.05) is 19.0 Å². The molecule has 4 nitrogen and oxygen atoms in total. The molecule has 2 heterocycles. The molecule has 2 atom stereocenters. The number of phenols is 1. The van der Waals surface area contributed by atoms with Crippen molar-refractivity contribution in [3.8, 4) is 5.75 Å². The van der Waals surface area contributed by atoms with Crippen LogP contribution in [-0.2, 0) is 4.79 Å². The monoisotopic (exact) mass is 314 g/mol. The predicted octanol–water partition coefficient (Wildman–Crippen LogP) is 2.44. The molecule has 1 N–H and O–H groups in total. The van der Waals surface area contributed by atoms with E-state index in [0.29, 0.717) is 23.0 Å². The molecule has 1 aliphatic carbocycles. The topological polar surface area (TPSA) is 43.8 Å². The number of hydrogen-bond donors (Lipinski definition) is 1. The Bertz CT molecular complexity index is 607. The maximum atomic E-state index is 12.8. The maximum absolute atomic E-state index is 12.8. The highest BCUT2D eigenvalue weighted by Crippen LogP contribution is 2.50. The van der Waals surface area contributed by atoms with Crippen LogP contribution in [0.5, 0.6) is 5.75 Å². The van der Waals surface area contributed by atoms with Gasteiger partial charge in [0.05, 0.1) is 0 Å². The number of carbonyl (C=O) groups excluding carboxylic acids is 1. The second-order valence-corrected chi connectivity index (χ2v) is 7.86. The van der Waals surface area contributed by atoms with E-state index in [2.05, 4.69) is 16.8 Å². The van der Waals surface area contributed by atoms with Gasteiger partial charge in [-0.15, -0.1) is 0 Å². The summed E-state index contributed by atoms with van der Waals surface area (Å²) < 4.78 is 0. The van der Waals surface area contributed by atoms with Crippen LogP contribution in [0.4, 0.5) is 0 Å². The molecule has 23 heavy (non-hydrogen) atoms. The van der Waals surface area contributed by atoms with Crippen molar-refractivity contribution in [3.05, 3.63) is 29.8 Å². The zero-order chi connectivity index (χ0) is 16.0. The summed E-state index contributed by atoms with van der Waals surface area (Å²) >= 11 is 0. The number of phenolic OH excluding ortho intramolecular Hbond substituents is 1. The number of aromatic hydroxyl groups is 1. The van der Waals surface area contributed by atoms with Crippen LogP contribution >= 0.6 is 0 Å². The van der Waals surface area contributed by atoms with Gasteiger partial charge in [-0.05, 0) is 74.8 Å². The fraction of sp³-hybridized carbons (Fsp3) is 0.632. The molecule has 0 radical (unpaired) electrons. The number of rotatable bonds is 2. The highest BCUT2D eigenvalue weighted by atomic mass is 16.3. The van der Waals surface area contributed by atoms with Gasteiger partial charge in [-0.3, -0.25) is 4.79 Å². The van der Waals surface area contributed by atoms with Crippen molar-refractivity contribution < 1.29 is 9.90 Å². The van der Waals surface area contributed by atoms with Crippen molar-refractivity contribution in [2.75, 3.05) is 33.2 Å². The largest absolute Gasteiger partial charge is 0.508 e. The van der Waals surface area contributed by atoms with E-state index in [-0.39, 0.29) is 5.92 Å². The molecule has 1 aromatic rings. The van der Waals surface area contributed by atoms with Crippen LogP contribution in [0.1, 0.15) is 37.2 Å². The van der Waals surface area contributed by atoms with Crippen molar-refractivity contribution in [2.24, 2.45) is 11.3 Å². The van der Waals surface area contributed by atoms with Crippen LogP contribution in [0.2, 0.25) is 0 Å². The standard InChI is InChI=1S/C19H26N2O2/c1-20-8-5-19(6-9-20)7-10-21(13-19)18(23)17-12-16(17)14-3-2-4-15(22)11-14/h2-4,11,16-17,22H,5-10,12-13H2,1H3/t16-,17+/m0/s1. The van der Waals surface area contributed by atoms with Gasteiger partial charge in [0.1, 0.15) is 5.75 Å². The Morgan fingerprint density at radius 2 is 1.96 bits per heavy atom. The van der Waals surface area contributed by atoms with Crippen LogP contribution in [0.15, 0.2) is 24.3 Å². The van der Waals surface area contributed by atoms with E-state index < -0.39 is 0 Å². The molecule has 1 spiro atoms. The average molecular weight is 314 g/mol. The van der Waals surface area contributed by atoms with Crippen molar-refractivity contribution in [1.29, 1.82) is 0 Å². The summed E-state index contributed by atoms with van der Waals surface area (Å²) in [6.07, 6.45) is 4.58.